The zero-order valence-electron chi connectivity index (χ0n) is 11.0. The fourth-order valence-electron chi connectivity index (χ4n) is 2.23. The van der Waals surface area contributed by atoms with Gasteiger partial charge in [-0.3, -0.25) is 0 Å². The monoisotopic (exact) mass is 251 g/mol. The van der Waals surface area contributed by atoms with Gasteiger partial charge < -0.3 is 5.73 Å². The Kier molecular flexibility index (Phi) is 4.79. The van der Waals surface area contributed by atoms with E-state index in [1.54, 1.807) is 0 Å². The minimum atomic E-state index is -0.0620. The second-order valence-corrected chi connectivity index (χ2v) is 5.49. The summed E-state index contributed by atoms with van der Waals surface area (Å²) >= 11 is 5.93. The molecule has 2 heteroatoms. The molecule has 0 aliphatic heterocycles. The van der Waals surface area contributed by atoms with Crippen molar-refractivity contribution >= 4 is 11.6 Å². The third-order valence-corrected chi connectivity index (χ3v) is 3.78. The van der Waals surface area contributed by atoms with E-state index in [2.05, 4.69) is 39.5 Å². The van der Waals surface area contributed by atoms with Crippen molar-refractivity contribution in [1.29, 1.82) is 0 Å². The second-order valence-electron chi connectivity index (χ2n) is 5.06. The van der Waals surface area contributed by atoms with Crippen molar-refractivity contribution < 1.29 is 0 Å². The molecular weight excluding hydrogens is 230 g/mol. The maximum absolute atomic E-state index is 5.93. The Hall–Kier alpha value is -0.790. The summed E-state index contributed by atoms with van der Waals surface area (Å²) in [6.07, 6.45) is 0.908. The van der Waals surface area contributed by atoms with Crippen LogP contribution in [-0.4, -0.2) is 6.54 Å². The summed E-state index contributed by atoms with van der Waals surface area (Å²) in [7, 11) is 0. The molecule has 0 spiro atoms. The van der Waals surface area contributed by atoms with Crippen molar-refractivity contribution in [2.45, 2.75) is 32.6 Å². The molecule has 0 aliphatic carbocycles. The zero-order valence-corrected chi connectivity index (χ0v) is 11.7. The lowest BCUT2D eigenvalue weighted by Crippen LogP contribution is -2.29. The van der Waals surface area contributed by atoms with E-state index in [-0.39, 0.29) is 5.41 Å². The largest absolute Gasteiger partial charge is 0.330 e. The molecule has 94 valence electrons. The highest BCUT2D eigenvalue weighted by Gasteiger charge is 2.30. The molecule has 0 heterocycles. The fourth-order valence-corrected chi connectivity index (χ4v) is 2.36. The third kappa shape index (κ3) is 3.11. The van der Waals surface area contributed by atoms with Crippen LogP contribution in [0.15, 0.2) is 36.4 Å². The van der Waals surface area contributed by atoms with Gasteiger partial charge in [0.15, 0.2) is 0 Å². The summed E-state index contributed by atoms with van der Waals surface area (Å²) < 4.78 is 0. The molecule has 0 aromatic heterocycles. The average molecular weight is 252 g/mol. The highest BCUT2D eigenvalue weighted by Crippen LogP contribution is 2.38. The van der Waals surface area contributed by atoms with Crippen molar-refractivity contribution in [1.82, 2.24) is 0 Å². The van der Waals surface area contributed by atoms with Gasteiger partial charge in [0, 0.05) is 10.4 Å². The Bertz CT molecular complexity index is 380. The van der Waals surface area contributed by atoms with Gasteiger partial charge in [0.2, 0.25) is 0 Å². The highest BCUT2D eigenvalue weighted by atomic mass is 35.5. The third-order valence-electron chi connectivity index (χ3n) is 3.53. The first-order valence-electron chi connectivity index (χ1n) is 6.07. The molecular formula is C15H22ClN. The predicted molar refractivity (Wildman–Crippen MR) is 76.5 cm³/mol. The van der Waals surface area contributed by atoms with E-state index < -0.39 is 0 Å². The number of rotatable bonds is 5. The molecule has 1 nitrogen and oxygen atoms in total. The average Bonchev–Trinajstić information content (AvgIpc) is 2.28. The van der Waals surface area contributed by atoms with Crippen LogP contribution in [0.5, 0.6) is 0 Å². The Labute approximate surface area is 110 Å². The van der Waals surface area contributed by atoms with E-state index in [1.807, 2.05) is 12.1 Å². The van der Waals surface area contributed by atoms with Gasteiger partial charge in [-0.25, -0.2) is 0 Å². The molecule has 0 saturated carbocycles. The van der Waals surface area contributed by atoms with Crippen LogP contribution in [0.1, 0.15) is 32.8 Å². The van der Waals surface area contributed by atoms with E-state index >= 15 is 0 Å². The summed E-state index contributed by atoms with van der Waals surface area (Å²) in [4.78, 5) is 0. The van der Waals surface area contributed by atoms with Crippen molar-refractivity contribution in [2.24, 2.45) is 11.7 Å². The first-order valence-corrected chi connectivity index (χ1v) is 6.45. The van der Waals surface area contributed by atoms with Crippen LogP contribution in [0.4, 0.5) is 0 Å². The van der Waals surface area contributed by atoms with E-state index in [0.29, 0.717) is 12.5 Å². The van der Waals surface area contributed by atoms with Gasteiger partial charge >= 0.3 is 0 Å². The smallest absolute Gasteiger partial charge is 0.0406 e. The van der Waals surface area contributed by atoms with Crippen LogP contribution in [-0.2, 0) is 5.41 Å². The molecule has 0 aliphatic rings. The van der Waals surface area contributed by atoms with Gasteiger partial charge in [-0.1, -0.05) is 56.7 Å². The van der Waals surface area contributed by atoms with Gasteiger partial charge in [-0.15, -0.1) is 0 Å². The van der Waals surface area contributed by atoms with E-state index in [1.165, 1.54) is 11.1 Å². The van der Waals surface area contributed by atoms with Crippen LogP contribution in [0.3, 0.4) is 0 Å². The summed E-state index contributed by atoms with van der Waals surface area (Å²) in [6, 6.07) is 8.01. The lowest BCUT2D eigenvalue weighted by molar-refractivity contribution is 0.469. The van der Waals surface area contributed by atoms with Crippen LogP contribution >= 0.6 is 11.6 Å². The van der Waals surface area contributed by atoms with Crippen molar-refractivity contribution in [3.8, 4) is 0 Å². The molecule has 0 amide bonds. The quantitative estimate of drug-likeness (QED) is 0.782. The number of nitrogens with two attached hydrogens (primary N) is 1. The van der Waals surface area contributed by atoms with Crippen molar-refractivity contribution in [3.05, 3.63) is 47.0 Å². The van der Waals surface area contributed by atoms with E-state index in [9.17, 15) is 0 Å². The molecule has 1 aromatic carbocycles. The van der Waals surface area contributed by atoms with Crippen LogP contribution in [0.2, 0.25) is 5.02 Å². The summed E-state index contributed by atoms with van der Waals surface area (Å²) in [5.41, 5.74) is 8.16. The normalized spacial score (nSPS) is 14.7. The molecule has 0 saturated heterocycles. The number of hydrogen-bond acceptors (Lipinski definition) is 1. The van der Waals surface area contributed by atoms with Gasteiger partial charge in [0.1, 0.15) is 0 Å². The van der Waals surface area contributed by atoms with Crippen molar-refractivity contribution in [3.63, 3.8) is 0 Å². The van der Waals surface area contributed by atoms with Crippen LogP contribution < -0.4 is 5.73 Å². The first kappa shape index (κ1) is 14.3. The minimum absolute atomic E-state index is 0.0620. The first-order chi connectivity index (χ1) is 7.91. The zero-order chi connectivity index (χ0) is 13.1. The standard InChI is InChI=1S/C15H22ClN/c1-11(2)12(3)15(4,9-10-17)13-5-7-14(16)8-6-13/h5-8,11H,3,9-10,17H2,1-2,4H3. The lowest BCUT2D eigenvalue weighted by atomic mass is 9.70. The highest BCUT2D eigenvalue weighted by molar-refractivity contribution is 6.30. The van der Waals surface area contributed by atoms with Crippen molar-refractivity contribution in [2.75, 3.05) is 6.54 Å². The molecule has 2 N–H and O–H groups in total. The summed E-state index contributed by atoms with van der Waals surface area (Å²) in [5, 5.41) is 0.763. The maximum atomic E-state index is 5.93. The van der Waals surface area contributed by atoms with E-state index in [4.69, 9.17) is 17.3 Å². The Morgan fingerprint density at radius 2 is 1.88 bits per heavy atom. The van der Waals surface area contributed by atoms with E-state index in [0.717, 1.165) is 11.4 Å². The number of allylic oxidation sites excluding steroid dienone is 1. The molecule has 1 rings (SSSR count). The second kappa shape index (κ2) is 5.70. The SMILES string of the molecule is C=C(C(C)C)C(C)(CCN)c1ccc(Cl)cc1. The molecule has 1 unspecified atom stereocenters. The molecule has 0 radical (unpaired) electrons. The van der Waals surface area contributed by atoms with Gasteiger partial charge in [-0.2, -0.15) is 0 Å². The molecule has 0 bridgehead atoms. The molecule has 1 aromatic rings. The predicted octanol–water partition coefficient (Wildman–Crippen LogP) is 4.16. The topological polar surface area (TPSA) is 26.0 Å². The van der Waals surface area contributed by atoms with Crippen LogP contribution in [0.25, 0.3) is 0 Å². The van der Waals surface area contributed by atoms with Gasteiger partial charge in [0.25, 0.3) is 0 Å². The summed E-state index contributed by atoms with van der Waals surface area (Å²) in [5.74, 6) is 0.447. The molecule has 1 atom stereocenters. The van der Waals surface area contributed by atoms with Gasteiger partial charge in [-0.05, 0) is 36.6 Å². The Morgan fingerprint density at radius 1 is 1.35 bits per heavy atom. The number of halogens is 1. The number of benzene rings is 1. The Balaban J connectivity index is 3.15. The minimum Gasteiger partial charge on any atom is -0.330 e. The van der Waals surface area contributed by atoms with Crippen LogP contribution in [0, 0.1) is 5.92 Å². The maximum Gasteiger partial charge on any atom is 0.0406 e. The number of hydrogen-bond donors (Lipinski definition) is 1. The molecule has 17 heavy (non-hydrogen) atoms. The van der Waals surface area contributed by atoms with Gasteiger partial charge in [0.05, 0.1) is 0 Å². The fraction of sp³-hybridized carbons (Fsp3) is 0.467. The summed E-state index contributed by atoms with van der Waals surface area (Å²) in [6.45, 7) is 11.5. The lowest BCUT2D eigenvalue weighted by Gasteiger charge is -2.34. The Morgan fingerprint density at radius 3 is 2.29 bits per heavy atom. The molecule has 0 fully saturated rings.